The van der Waals surface area contributed by atoms with Gasteiger partial charge in [-0.2, -0.15) is 0 Å². The number of aromatic amines is 1. The highest BCUT2D eigenvalue weighted by Crippen LogP contribution is 1.88. The summed E-state index contributed by atoms with van der Waals surface area (Å²) in [6.45, 7) is 7.32. The number of nitrogens with one attached hydrogen (secondary N) is 3. The Labute approximate surface area is 85.5 Å². The van der Waals surface area contributed by atoms with Crippen LogP contribution >= 0.6 is 0 Å². The zero-order chi connectivity index (χ0) is 10.2. The first-order valence-electron chi connectivity index (χ1n) is 5.20. The van der Waals surface area contributed by atoms with Crippen molar-refractivity contribution in [2.24, 2.45) is 0 Å². The molecule has 1 rings (SSSR count). The Hall–Kier alpha value is -0.870. The van der Waals surface area contributed by atoms with Crippen LogP contribution in [0.1, 0.15) is 26.0 Å². The van der Waals surface area contributed by atoms with Gasteiger partial charge in [0, 0.05) is 24.5 Å². The van der Waals surface area contributed by atoms with Gasteiger partial charge in [-0.3, -0.25) is 0 Å². The molecule has 1 heterocycles. The molecule has 1 aromatic rings. The molecule has 4 heteroatoms. The lowest BCUT2D eigenvalue weighted by Gasteiger charge is -2.07. The zero-order valence-corrected chi connectivity index (χ0v) is 9.01. The van der Waals surface area contributed by atoms with Crippen LogP contribution in [0.3, 0.4) is 0 Å². The maximum absolute atomic E-state index is 3.95. The number of nitrogens with zero attached hydrogens (tertiary/aromatic N) is 1. The minimum atomic E-state index is 0.586. The number of rotatable bonds is 7. The molecule has 1 aromatic heterocycles. The first-order valence-corrected chi connectivity index (χ1v) is 5.20. The lowest BCUT2D eigenvalue weighted by atomic mass is 10.3. The number of hydrogen-bond acceptors (Lipinski definition) is 3. The number of imidazole rings is 1. The molecule has 3 N–H and O–H groups in total. The van der Waals surface area contributed by atoms with E-state index < -0.39 is 0 Å². The Morgan fingerprint density at radius 1 is 1.43 bits per heavy atom. The number of aromatic nitrogens is 2. The van der Waals surface area contributed by atoms with Crippen molar-refractivity contribution in [2.45, 2.75) is 32.9 Å². The van der Waals surface area contributed by atoms with Crippen LogP contribution in [-0.2, 0) is 6.54 Å². The Morgan fingerprint density at radius 3 is 2.93 bits per heavy atom. The van der Waals surface area contributed by atoms with Crippen molar-refractivity contribution in [1.82, 2.24) is 20.6 Å². The summed E-state index contributed by atoms with van der Waals surface area (Å²) in [5.41, 5.74) is 1.14. The zero-order valence-electron chi connectivity index (χ0n) is 9.01. The molecule has 4 nitrogen and oxygen atoms in total. The van der Waals surface area contributed by atoms with Crippen molar-refractivity contribution in [1.29, 1.82) is 0 Å². The number of H-pyrrole nitrogens is 1. The lowest BCUT2D eigenvalue weighted by Crippen LogP contribution is -2.26. The minimum absolute atomic E-state index is 0.586. The van der Waals surface area contributed by atoms with Crippen LogP contribution < -0.4 is 10.6 Å². The van der Waals surface area contributed by atoms with Crippen molar-refractivity contribution >= 4 is 0 Å². The van der Waals surface area contributed by atoms with E-state index in [9.17, 15) is 0 Å². The van der Waals surface area contributed by atoms with E-state index in [0.29, 0.717) is 6.04 Å². The van der Waals surface area contributed by atoms with Crippen molar-refractivity contribution in [3.63, 3.8) is 0 Å². The monoisotopic (exact) mass is 196 g/mol. The van der Waals surface area contributed by atoms with Gasteiger partial charge in [-0.05, 0) is 19.5 Å². The van der Waals surface area contributed by atoms with Gasteiger partial charge >= 0.3 is 0 Å². The molecular formula is C10H20N4. The van der Waals surface area contributed by atoms with Crippen molar-refractivity contribution in [3.8, 4) is 0 Å². The quantitative estimate of drug-likeness (QED) is 0.568. The Bertz CT molecular complexity index is 218. The van der Waals surface area contributed by atoms with Crippen LogP contribution in [0.5, 0.6) is 0 Å². The van der Waals surface area contributed by atoms with Crippen molar-refractivity contribution < 1.29 is 0 Å². The largest absolute Gasteiger partial charge is 0.347 e. The highest BCUT2D eigenvalue weighted by molar-refractivity contribution is 4.92. The van der Waals surface area contributed by atoms with E-state index in [1.54, 1.807) is 6.33 Å². The van der Waals surface area contributed by atoms with Gasteiger partial charge in [-0.1, -0.05) is 13.8 Å². The summed E-state index contributed by atoms with van der Waals surface area (Å²) in [5, 5.41) is 6.73. The van der Waals surface area contributed by atoms with Crippen LogP contribution in [0.15, 0.2) is 12.5 Å². The first-order chi connectivity index (χ1) is 6.79. The molecule has 0 atom stereocenters. The van der Waals surface area contributed by atoms with Gasteiger partial charge in [-0.25, -0.2) is 4.98 Å². The van der Waals surface area contributed by atoms with E-state index in [1.807, 2.05) is 6.20 Å². The molecule has 0 aliphatic carbocycles. The lowest BCUT2D eigenvalue weighted by molar-refractivity contribution is 0.546. The number of hydrogen-bond donors (Lipinski definition) is 3. The standard InChI is InChI=1S/C10H20N4/c1-9(2)13-5-3-4-11-6-10-7-12-8-14-10/h7-9,11,13H,3-6H2,1-2H3,(H,12,14). The van der Waals surface area contributed by atoms with Gasteiger partial charge in [0.05, 0.1) is 6.33 Å². The first kappa shape index (κ1) is 11.2. The van der Waals surface area contributed by atoms with Crippen LogP contribution in [0, 0.1) is 0 Å². The average Bonchev–Trinajstić information content (AvgIpc) is 2.63. The fraction of sp³-hybridized carbons (Fsp3) is 0.700. The Balaban J connectivity index is 1.90. The average molecular weight is 196 g/mol. The summed E-state index contributed by atoms with van der Waals surface area (Å²) in [4.78, 5) is 7.01. The predicted octanol–water partition coefficient (Wildman–Crippen LogP) is 0.887. The molecule has 0 saturated heterocycles. The van der Waals surface area contributed by atoms with E-state index in [1.165, 1.54) is 0 Å². The second-order valence-electron chi connectivity index (χ2n) is 3.72. The van der Waals surface area contributed by atoms with E-state index in [4.69, 9.17) is 0 Å². The van der Waals surface area contributed by atoms with Crippen LogP contribution in [0.4, 0.5) is 0 Å². The molecule has 0 aromatic carbocycles. The molecule has 0 fully saturated rings. The molecule has 0 bridgehead atoms. The van der Waals surface area contributed by atoms with E-state index in [0.717, 1.165) is 31.7 Å². The smallest absolute Gasteiger partial charge is 0.0922 e. The molecule has 0 saturated carbocycles. The van der Waals surface area contributed by atoms with Crippen LogP contribution in [0.25, 0.3) is 0 Å². The topological polar surface area (TPSA) is 52.7 Å². The molecule has 80 valence electrons. The summed E-state index contributed by atoms with van der Waals surface area (Å²) in [5.74, 6) is 0. The van der Waals surface area contributed by atoms with E-state index in [2.05, 4.69) is 34.4 Å². The fourth-order valence-corrected chi connectivity index (χ4v) is 1.21. The van der Waals surface area contributed by atoms with E-state index >= 15 is 0 Å². The van der Waals surface area contributed by atoms with E-state index in [-0.39, 0.29) is 0 Å². The van der Waals surface area contributed by atoms with Gasteiger partial charge in [0.2, 0.25) is 0 Å². The van der Waals surface area contributed by atoms with Gasteiger partial charge in [-0.15, -0.1) is 0 Å². The fourth-order valence-electron chi connectivity index (χ4n) is 1.21. The molecule has 0 unspecified atom stereocenters. The van der Waals surface area contributed by atoms with Gasteiger partial charge in [0.15, 0.2) is 0 Å². The second kappa shape index (κ2) is 6.56. The molecule has 0 aliphatic heterocycles. The molecular weight excluding hydrogens is 176 g/mol. The minimum Gasteiger partial charge on any atom is -0.347 e. The van der Waals surface area contributed by atoms with Crippen molar-refractivity contribution in [3.05, 3.63) is 18.2 Å². The summed E-state index contributed by atoms with van der Waals surface area (Å²) >= 11 is 0. The van der Waals surface area contributed by atoms with Crippen LogP contribution in [-0.4, -0.2) is 29.1 Å². The van der Waals surface area contributed by atoms with Crippen molar-refractivity contribution in [2.75, 3.05) is 13.1 Å². The third-order valence-corrected chi connectivity index (χ3v) is 1.95. The van der Waals surface area contributed by atoms with Gasteiger partial charge < -0.3 is 15.6 Å². The maximum Gasteiger partial charge on any atom is 0.0922 e. The highest BCUT2D eigenvalue weighted by atomic mass is 14.9. The molecule has 0 amide bonds. The third-order valence-electron chi connectivity index (χ3n) is 1.95. The molecule has 0 radical (unpaired) electrons. The normalized spacial score (nSPS) is 11.1. The Morgan fingerprint density at radius 2 is 2.29 bits per heavy atom. The Kier molecular flexibility index (Phi) is 5.25. The predicted molar refractivity (Wildman–Crippen MR) is 58.1 cm³/mol. The maximum atomic E-state index is 3.95. The molecule has 14 heavy (non-hydrogen) atoms. The second-order valence-corrected chi connectivity index (χ2v) is 3.72. The third kappa shape index (κ3) is 4.99. The summed E-state index contributed by atoms with van der Waals surface area (Å²) in [6.07, 6.45) is 4.71. The highest BCUT2D eigenvalue weighted by Gasteiger charge is 1.93. The SMILES string of the molecule is CC(C)NCCCNCc1cnc[nH]1. The van der Waals surface area contributed by atoms with Gasteiger partial charge in [0.1, 0.15) is 0 Å². The summed E-state index contributed by atoms with van der Waals surface area (Å²) in [7, 11) is 0. The summed E-state index contributed by atoms with van der Waals surface area (Å²) in [6, 6.07) is 0.586. The van der Waals surface area contributed by atoms with Crippen LogP contribution in [0.2, 0.25) is 0 Å². The molecule has 0 aliphatic rings. The van der Waals surface area contributed by atoms with Gasteiger partial charge in [0.25, 0.3) is 0 Å². The summed E-state index contributed by atoms with van der Waals surface area (Å²) < 4.78 is 0. The molecule has 0 spiro atoms.